The van der Waals surface area contributed by atoms with Crippen molar-refractivity contribution in [3.8, 4) is 5.75 Å². The molecule has 29 heavy (non-hydrogen) atoms. The molecule has 0 aromatic heterocycles. The van der Waals surface area contributed by atoms with Gasteiger partial charge in [0.05, 0.1) is 17.7 Å². The predicted octanol–water partition coefficient (Wildman–Crippen LogP) is 3.66. The van der Waals surface area contributed by atoms with E-state index in [2.05, 4.69) is 5.32 Å². The highest BCUT2D eigenvalue weighted by Gasteiger charge is 2.26. The summed E-state index contributed by atoms with van der Waals surface area (Å²) in [4.78, 5) is 12.4. The fraction of sp³-hybridized carbons (Fsp3) is 0.286. The van der Waals surface area contributed by atoms with Crippen LogP contribution in [-0.2, 0) is 14.8 Å². The number of nitrogens with zero attached hydrogens (tertiary/aromatic N) is 1. The Labute approximate surface area is 170 Å². The van der Waals surface area contributed by atoms with E-state index in [1.807, 2.05) is 0 Å². The second-order valence-electron chi connectivity index (χ2n) is 6.70. The van der Waals surface area contributed by atoms with Gasteiger partial charge >= 0.3 is 0 Å². The quantitative estimate of drug-likeness (QED) is 0.727. The van der Waals surface area contributed by atoms with Crippen molar-refractivity contribution in [2.75, 3.05) is 25.5 Å². The molecule has 0 spiro atoms. The number of benzene rings is 2. The predicted molar refractivity (Wildman–Crippen MR) is 110 cm³/mol. The highest BCUT2D eigenvalue weighted by molar-refractivity contribution is 7.89. The Morgan fingerprint density at radius 1 is 1.10 bits per heavy atom. The maximum Gasteiger partial charge on any atom is 0.248 e. The number of hydrogen-bond acceptors (Lipinski definition) is 4. The molecule has 1 aliphatic rings. The molecule has 2 aromatic rings. The maximum absolute atomic E-state index is 13.0. The van der Waals surface area contributed by atoms with Gasteiger partial charge < -0.3 is 10.1 Å². The smallest absolute Gasteiger partial charge is 0.248 e. The van der Waals surface area contributed by atoms with Crippen molar-refractivity contribution in [3.63, 3.8) is 0 Å². The molecule has 0 atom stereocenters. The molecule has 3 rings (SSSR count). The molecule has 1 amide bonds. The van der Waals surface area contributed by atoms with Crippen LogP contribution in [0.4, 0.5) is 10.1 Å². The van der Waals surface area contributed by atoms with Gasteiger partial charge in [0, 0.05) is 19.2 Å². The molecule has 0 saturated carbocycles. The van der Waals surface area contributed by atoms with E-state index in [0.29, 0.717) is 24.4 Å². The third kappa shape index (κ3) is 5.21. The highest BCUT2D eigenvalue weighted by atomic mass is 32.2. The van der Waals surface area contributed by atoms with Crippen LogP contribution in [0.1, 0.15) is 24.8 Å². The van der Waals surface area contributed by atoms with E-state index in [-0.39, 0.29) is 16.4 Å². The first-order chi connectivity index (χ1) is 13.9. The number of ether oxygens (including phenoxy) is 1. The average molecular weight is 418 g/mol. The molecule has 1 N–H and O–H groups in total. The van der Waals surface area contributed by atoms with Gasteiger partial charge in [0.25, 0.3) is 0 Å². The van der Waals surface area contributed by atoms with Crippen LogP contribution in [0.5, 0.6) is 5.75 Å². The topological polar surface area (TPSA) is 75.7 Å². The number of methoxy groups -OCH3 is 1. The van der Waals surface area contributed by atoms with E-state index < -0.39 is 15.9 Å². The van der Waals surface area contributed by atoms with Crippen LogP contribution in [0.3, 0.4) is 0 Å². The molecular formula is C21H23FN2O4S. The summed E-state index contributed by atoms with van der Waals surface area (Å²) < 4.78 is 45.5. The number of amides is 1. The summed E-state index contributed by atoms with van der Waals surface area (Å²) >= 11 is 0. The second kappa shape index (κ2) is 9.19. The third-order valence-corrected chi connectivity index (χ3v) is 6.57. The van der Waals surface area contributed by atoms with Gasteiger partial charge in [-0.15, -0.1) is 0 Å². The number of hydrogen-bond donors (Lipinski definition) is 1. The summed E-state index contributed by atoms with van der Waals surface area (Å²) in [6, 6.07) is 10.1. The fourth-order valence-corrected chi connectivity index (χ4v) is 4.66. The van der Waals surface area contributed by atoms with Crippen molar-refractivity contribution >= 4 is 27.7 Å². The van der Waals surface area contributed by atoms with Crippen molar-refractivity contribution in [2.45, 2.75) is 24.2 Å². The normalized spacial score (nSPS) is 15.4. The highest BCUT2D eigenvalue weighted by Crippen LogP contribution is 2.30. The van der Waals surface area contributed by atoms with Crippen LogP contribution < -0.4 is 10.1 Å². The SMILES string of the molecule is COc1ccc(S(=O)(=O)N2CCCCC2)cc1NC(=O)C=Cc1ccc(F)cc1. The Balaban J connectivity index is 1.79. The molecule has 1 heterocycles. The number of anilines is 1. The van der Waals surface area contributed by atoms with Crippen molar-refractivity contribution in [1.29, 1.82) is 0 Å². The van der Waals surface area contributed by atoms with E-state index in [9.17, 15) is 17.6 Å². The average Bonchev–Trinajstić information content (AvgIpc) is 2.74. The minimum Gasteiger partial charge on any atom is -0.495 e. The zero-order valence-electron chi connectivity index (χ0n) is 16.1. The van der Waals surface area contributed by atoms with E-state index in [4.69, 9.17) is 4.74 Å². The van der Waals surface area contributed by atoms with Gasteiger partial charge in [-0.2, -0.15) is 4.31 Å². The zero-order valence-corrected chi connectivity index (χ0v) is 16.9. The Morgan fingerprint density at radius 3 is 2.45 bits per heavy atom. The molecule has 8 heteroatoms. The van der Waals surface area contributed by atoms with E-state index in [0.717, 1.165) is 19.3 Å². The molecule has 0 bridgehead atoms. The molecule has 154 valence electrons. The Morgan fingerprint density at radius 2 is 1.79 bits per heavy atom. The lowest BCUT2D eigenvalue weighted by molar-refractivity contribution is -0.111. The van der Waals surface area contributed by atoms with Crippen molar-refractivity contribution in [3.05, 3.63) is 59.9 Å². The first kappa shape index (κ1) is 21.0. The molecule has 0 unspecified atom stereocenters. The van der Waals surface area contributed by atoms with Crippen molar-refractivity contribution in [1.82, 2.24) is 4.31 Å². The van der Waals surface area contributed by atoms with Gasteiger partial charge in [0.1, 0.15) is 11.6 Å². The molecular weight excluding hydrogens is 395 g/mol. The number of rotatable bonds is 6. The van der Waals surface area contributed by atoms with E-state index in [1.165, 1.54) is 53.9 Å². The maximum atomic E-state index is 13.0. The number of halogens is 1. The lowest BCUT2D eigenvalue weighted by atomic mass is 10.2. The van der Waals surface area contributed by atoms with Crippen LogP contribution >= 0.6 is 0 Å². The molecule has 1 fully saturated rings. The second-order valence-corrected chi connectivity index (χ2v) is 8.64. The largest absolute Gasteiger partial charge is 0.495 e. The lowest BCUT2D eigenvalue weighted by Crippen LogP contribution is -2.35. The van der Waals surface area contributed by atoms with Crippen molar-refractivity contribution in [2.24, 2.45) is 0 Å². The van der Waals surface area contributed by atoms with Gasteiger partial charge in [-0.25, -0.2) is 12.8 Å². The molecule has 1 aliphatic heterocycles. The zero-order chi connectivity index (χ0) is 20.9. The Hall–Kier alpha value is -2.71. The summed E-state index contributed by atoms with van der Waals surface area (Å²) in [5, 5.41) is 2.65. The van der Waals surface area contributed by atoms with Crippen LogP contribution in [0.15, 0.2) is 53.4 Å². The Bertz CT molecular complexity index is 998. The fourth-order valence-electron chi connectivity index (χ4n) is 3.12. The van der Waals surface area contributed by atoms with Crippen LogP contribution in [0.2, 0.25) is 0 Å². The molecule has 1 saturated heterocycles. The summed E-state index contributed by atoms with van der Waals surface area (Å²) in [5.41, 5.74) is 0.925. The third-order valence-electron chi connectivity index (χ3n) is 4.68. The standard InChI is InChI=1S/C21H23FN2O4S/c1-28-20-11-10-18(29(26,27)24-13-3-2-4-14-24)15-19(20)23-21(25)12-7-16-5-8-17(22)9-6-16/h5-12,15H,2-4,13-14H2,1H3,(H,23,25). The van der Waals surface area contributed by atoms with Gasteiger partial charge in [0.15, 0.2) is 0 Å². The van der Waals surface area contributed by atoms with E-state index in [1.54, 1.807) is 12.1 Å². The molecule has 6 nitrogen and oxygen atoms in total. The van der Waals surface area contributed by atoms with Gasteiger partial charge in [-0.3, -0.25) is 4.79 Å². The van der Waals surface area contributed by atoms with Crippen molar-refractivity contribution < 1.29 is 22.3 Å². The van der Waals surface area contributed by atoms with Gasteiger partial charge in [0.2, 0.25) is 15.9 Å². The molecule has 0 aliphatic carbocycles. The van der Waals surface area contributed by atoms with Gasteiger partial charge in [-0.05, 0) is 54.8 Å². The first-order valence-corrected chi connectivity index (χ1v) is 10.8. The number of piperidine rings is 1. The summed E-state index contributed by atoms with van der Waals surface area (Å²) in [5.74, 6) is -0.464. The number of carbonyl (C=O) groups excluding carboxylic acids is 1. The van der Waals surface area contributed by atoms with Crippen LogP contribution in [-0.4, -0.2) is 38.8 Å². The van der Waals surface area contributed by atoms with E-state index >= 15 is 0 Å². The Kier molecular flexibility index (Phi) is 6.66. The number of nitrogens with one attached hydrogen (secondary N) is 1. The summed E-state index contributed by atoms with van der Waals surface area (Å²) in [6.07, 6.45) is 5.53. The molecule has 2 aromatic carbocycles. The lowest BCUT2D eigenvalue weighted by Gasteiger charge is -2.26. The number of carbonyl (C=O) groups is 1. The number of sulfonamides is 1. The van der Waals surface area contributed by atoms with Crippen LogP contribution in [0.25, 0.3) is 6.08 Å². The first-order valence-electron chi connectivity index (χ1n) is 9.33. The minimum absolute atomic E-state index is 0.109. The van der Waals surface area contributed by atoms with Crippen LogP contribution in [0, 0.1) is 5.82 Å². The summed E-state index contributed by atoms with van der Waals surface area (Å²) in [7, 11) is -2.19. The summed E-state index contributed by atoms with van der Waals surface area (Å²) in [6.45, 7) is 0.993. The monoisotopic (exact) mass is 418 g/mol. The molecule has 0 radical (unpaired) electrons. The van der Waals surface area contributed by atoms with Gasteiger partial charge in [-0.1, -0.05) is 18.6 Å². The minimum atomic E-state index is -3.63.